The summed E-state index contributed by atoms with van der Waals surface area (Å²) in [6, 6.07) is 6.71. The van der Waals surface area contributed by atoms with Gasteiger partial charge in [0.15, 0.2) is 11.5 Å². The average Bonchev–Trinajstić information content (AvgIpc) is 2.39. The van der Waals surface area contributed by atoms with Crippen LogP contribution in [0.3, 0.4) is 0 Å². The van der Waals surface area contributed by atoms with Gasteiger partial charge in [0.05, 0.1) is 14.2 Å². The van der Waals surface area contributed by atoms with Crippen LogP contribution in [0.25, 0.3) is 0 Å². The minimum Gasteiger partial charge on any atom is -0.493 e. The van der Waals surface area contributed by atoms with Gasteiger partial charge < -0.3 is 14.8 Å². The maximum Gasteiger partial charge on any atom is 0.160 e. The maximum absolute atomic E-state index is 5.30. The molecule has 1 atom stereocenters. The molecule has 1 N–H and O–H groups in total. The van der Waals surface area contributed by atoms with Crippen LogP contribution < -0.4 is 14.8 Å². The lowest BCUT2D eigenvalue weighted by Crippen LogP contribution is -2.24. The molecule has 96 valence electrons. The summed E-state index contributed by atoms with van der Waals surface area (Å²) in [6.07, 6.45) is 3.35. The molecule has 3 heteroatoms. The summed E-state index contributed by atoms with van der Waals surface area (Å²) in [5.74, 6) is 1.60. The van der Waals surface area contributed by atoms with Crippen LogP contribution in [-0.2, 0) is 6.42 Å². The SMILES string of the molecule is CCC(CCc1ccc(OC)c(OC)c1)NC. The van der Waals surface area contributed by atoms with E-state index in [1.165, 1.54) is 5.56 Å². The van der Waals surface area contributed by atoms with Crippen LogP contribution in [0, 0.1) is 0 Å². The molecular weight excluding hydrogens is 214 g/mol. The fourth-order valence-electron chi connectivity index (χ4n) is 1.93. The lowest BCUT2D eigenvalue weighted by molar-refractivity contribution is 0.354. The van der Waals surface area contributed by atoms with Crippen molar-refractivity contribution in [2.24, 2.45) is 0 Å². The Morgan fingerprint density at radius 1 is 1.18 bits per heavy atom. The number of aryl methyl sites for hydroxylation is 1. The van der Waals surface area contributed by atoms with Gasteiger partial charge in [-0.15, -0.1) is 0 Å². The number of ether oxygens (including phenoxy) is 2. The first-order valence-electron chi connectivity index (χ1n) is 6.13. The largest absolute Gasteiger partial charge is 0.493 e. The molecule has 0 aliphatic rings. The quantitative estimate of drug-likeness (QED) is 0.791. The molecule has 0 saturated heterocycles. The Balaban J connectivity index is 2.66. The van der Waals surface area contributed by atoms with Gasteiger partial charge in [-0.2, -0.15) is 0 Å². The topological polar surface area (TPSA) is 30.5 Å². The van der Waals surface area contributed by atoms with Crippen LogP contribution in [0.2, 0.25) is 0 Å². The molecule has 3 nitrogen and oxygen atoms in total. The third-order valence-corrected chi connectivity index (χ3v) is 3.13. The van der Waals surface area contributed by atoms with E-state index < -0.39 is 0 Å². The zero-order valence-corrected chi connectivity index (χ0v) is 11.2. The number of methoxy groups -OCH3 is 2. The highest BCUT2D eigenvalue weighted by Gasteiger charge is 2.07. The fraction of sp³-hybridized carbons (Fsp3) is 0.571. The minimum atomic E-state index is 0.586. The van der Waals surface area contributed by atoms with Crippen molar-refractivity contribution in [3.05, 3.63) is 23.8 Å². The van der Waals surface area contributed by atoms with Crippen molar-refractivity contribution >= 4 is 0 Å². The minimum absolute atomic E-state index is 0.586. The summed E-state index contributed by atoms with van der Waals surface area (Å²) in [5.41, 5.74) is 1.29. The first-order chi connectivity index (χ1) is 8.24. The standard InChI is InChI=1S/C14H23NO2/c1-5-12(15-2)8-6-11-7-9-13(16-3)14(10-11)17-4/h7,9-10,12,15H,5-6,8H2,1-4H3. The van der Waals surface area contributed by atoms with Crippen molar-refractivity contribution in [2.75, 3.05) is 21.3 Å². The first kappa shape index (κ1) is 13.8. The first-order valence-corrected chi connectivity index (χ1v) is 6.13. The van der Waals surface area contributed by atoms with Crippen LogP contribution in [0.5, 0.6) is 11.5 Å². The number of hydrogen-bond donors (Lipinski definition) is 1. The summed E-state index contributed by atoms with van der Waals surface area (Å²) >= 11 is 0. The lowest BCUT2D eigenvalue weighted by Gasteiger charge is -2.14. The highest BCUT2D eigenvalue weighted by molar-refractivity contribution is 5.42. The fourth-order valence-corrected chi connectivity index (χ4v) is 1.93. The van der Waals surface area contributed by atoms with Gasteiger partial charge in [-0.25, -0.2) is 0 Å². The zero-order valence-electron chi connectivity index (χ0n) is 11.2. The van der Waals surface area contributed by atoms with Crippen molar-refractivity contribution in [2.45, 2.75) is 32.2 Å². The molecule has 0 aliphatic heterocycles. The van der Waals surface area contributed by atoms with Crippen molar-refractivity contribution in [1.29, 1.82) is 0 Å². The molecule has 1 rings (SSSR count). The van der Waals surface area contributed by atoms with E-state index in [0.717, 1.165) is 30.8 Å². The number of rotatable bonds is 7. The summed E-state index contributed by atoms with van der Waals surface area (Å²) in [7, 11) is 5.35. The van der Waals surface area contributed by atoms with Crippen molar-refractivity contribution in [3.8, 4) is 11.5 Å². The van der Waals surface area contributed by atoms with E-state index in [-0.39, 0.29) is 0 Å². The molecule has 1 aromatic carbocycles. The monoisotopic (exact) mass is 237 g/mol. The van der Waals surface area contributed by atoms with Crippen molar-refractivity contribution in [3.63, 3.8) is 0 Å². The van der Waals surface area contributed by atoms with Crippen molar-refractivity contribution in [1.82, 2.24) is 5.32 Å². The molecule has 17 heavy (non-hydrogen) atoms. The number of benzene rings is 1. The predicted octanol–water partition coefficient (Wildman–Crippen LogP) is 2.63. The normalized spacial score (nSPS) is 12.2. The second-order valence-corrected chi connectivity index (χ2v) is 4.12. The Labute approximate surface area is 104 Å². The Morgan fingerprint density at radius 3 is 2.41 bits per heavy atom. The molecule has 0 saturated carbocycles. The molecule has 0 bridgehead atoms. The molecular formula is C14H23NO2. The van der Waals surface area contributed by atoms with E-state index in [1.807, 2.05) is 13.1 Å². The van der Waals surface area contributed by atoms with E-state index in [9.17, 15) is 0 Å². The van der Waals surface area contributed by atoms with Crippen LogP contribution in [0.4, 0.5) is 0 Å². The molecule has 0 amide bonds. The average molecular weight is 237 g/mol. The van der Waals surface area contributed by atoms with Gasteiger partial charge in [0.25, 0.3) is 0 Å². The van der Waals surface area contributed by atoms with E-state index >= 15 is 0 Å². The van der Waals surface area contributed by atoms with E-state index in [1.54, 1.807) is 14.2 Å². The van der Waals surface area contributed by atoms with Gasteiger partial charge >= 0.3 is 0 Å². The van der Waals surface area contributed by atoms with Crippen LogP contribution >= 0.6 is 0 Å². The van der Waals surface area contributed by atoms with Gasteiger partial charge in [-0.3, -0.25) is 0 Å². The Kier molecular flexibility index (Phi) is 5.84. The van der Waals surface area contributed by atoms with Gasteiger partial charge in [0, 0.05) is 6.04 Å². The Hall–Kier alpha value is -1.22. The molecule has 0 fully saturated rings. The second-order valence-electron chi connectivity index (χ2n) is 4.12. The van der Waals surface area contributed by atoms with Crippen LogP contribution in [-0.4, -0.2) is 27.3 Å². The number of hydrogen-bond acceptors (Lipinski definition) is 3. The Bertz CT molecular complexity index is 335. The Morgan fingerprint density at radius 2 is 1.88 bits per heavy atom. The van der Waals surface area contributed by atoms with Crippen LogP contribution in [0.15, 0.2) is 18.2 Å². The van der Waals surface area contributed by atoms with Gasteiger partial charge in [0.1, 0.15) is 0 Å². The molecule has 0 radical (unpaired) electrons. The smallest absolute Gasteiger partial charge is 0.160 e. The summed E-state index contributed by atoms with van der Waals surface area (Å²) in [6.45, 7) is 2.20. The third-order valence-electron chi connectivity index (χ3n) is 3.13. The summed E-state index contributed by atoms with van der Waals surface area (Å²) in [5, 5.41) is 3.32. The van der Waals surface area contributed by atoms with E-state index in [0.29, 0.717) is 6.04 Å². The van der Waals surface area contributed by atoms with Gasteiger partial charge in [0.2, 0.25) is 0 Å². The molecule has 1 aromatic rings. The van der Waals surface area contributed by atoms with Crippen molar-refractivity contribution < 1.29 is 9.47 Å². The van der Waals surface area contributed by atoms with E-state index in [4.69, 9.17) is 9.47 Å². The molecule has 0 spiro atoms. The van der Waals surface area contributed by atoms with Crippen LogP contribution in [0.1, 0.15) is 25.3 Å². The molecule has 0 heterocycles. The highest BCUT2D eigenvalue weighted by Crippen LogP contribution is 2.28. The molecule has 1 unspecified atom stereocenters. The maximum atomic E-state index is 5.30. The summed E-state index contributed by atoms with van der Waals surface area (Å²) in [4.78, 5) is 0. The van der Waals surface area contributed by atoms with Gasteiger partial charge in [-0.05, 0) is 44.0 Å². The second kappa shape index (κ2) is 7.17. The van der Waals surface area contributed by atoms with Gasteiger partial charge in [-0.1, -0.05) is 13.0 Å². The predicted molar refractivity (Wildman–Crippen MR) is 71.0 cm³/mol. The van der Waals surface area contributed by atoms with E-state index in [2.05, 4.69) is 24.4 Å². The zero-order chi connectivity index (χ0) is 12.7. The third kappa shape index (κ3) is 3.93. The highest BCUT2D eigenvalue weighted by atomic mass is 16.5. The molecule has 0 aliphatic carbocycles. The molecule has 0 aromatic heterocycles. The lowest BCUT2D eigenvalue weighted by atomic mass is 10.0. The summed E-state index contributed by atoms with van der Waals surface area (Å²) < 4.78 is 10.5. The number of nitrogens with one attached hydrogen (secondary N) is 1.